The summed E-state index contributed by atoms with van der Waals surface area (Å²) in [6.45, 7) is 1.74. The summed E-state index contributed by atoms with van der Waals surface area (Å²) in [5.74, 6) is 0. The molecule has 0 spiro atoms. The fourth-order valence-corrected chi connectivity index (χ4v) is 3.26. The molecule has 0 aromatic heterocycles. The molecular formula is C21H16F6. The lowest BCUT2D eigenvalue weighted by Gasteiger charge is -2.32. The van der Waals surface area contributed by atoms with Crippen LogP contribution in [0, 0.1) is 6.92 Å². The second-order valence-corrected chi connectivity index (χ2v) is 6.59. The Hall–Kier alpha value is -2.50. The van der Waals surface area contributed by atoms with Crippen LogP contribution in [-0.4, -0.2) is 6.18 Å². The summed E-state index contributed by atoms with van der Waals surface area (Å²) >= 11 is 0. The van der Waals surface area contributed by atoms with Crippen molar-refractivity contribution in [2.45, 2.75) is 31.1 Å². The van der Waals surface area contributed by atoms with Crippen molar-refractivity contribution in [3.63, 3.8) is 0 Å². The molecule has 2 aliphatic carbocycles. The SMILES string of the molecule is Cc1ccccc1C1(C(F)(F)F)C=C2C=C2C1.FC(F)(F)c1ccccc1. The normalized spacial score (nSPS) is 20.9. The molecule has 2 aromatic carbocycles. The van der Waals surface area contributed by atoms with E-state index < -0.39 is 23.3 Å². The molecule has 0 aliphatic heterocycles. The average Bonchev–Trinajstić information content (AvgIpc) is 3.21. The number of halogens is 6. The summed E-state index contributed by atoms with van der Waals surface area (Å²) in [6.07, 6.45) is -5.18. The maximum Gasteiger partial charge on any atom is 0.416 e. The van der Waals surface area contributed by atoms with Crippen LogP contribution in [0.5, 0.6) is 0 Å². The van der Waals surface area contributed by atoms with E-state index in [1.165, 1.54) is 18.2 Å². The number of hydrogen-bond acceptors (Lipinski definition) is 0. The van der Waals surface area contributed by atoms with Crippen molar-refractivity contribution >= 4 is 0 Å². The Morgan fingerprint density at radius 3 is 1.85 bits per heavy atom. The maximum absolute atomic E-state index is 13.4. The Morgan fingerprint density at radius 1 is 0.815 bits per heavy atom. The molecule has 0 saturated heterocycles. The number of allylic oxidation sites excluding steroid dienone is 4. The molecule has 1 unspecified atom stereocenters. The van der Waals surface area contributed by atoms with Gasteiger partial charge in [-0.3, -0.25) is 0 Å². The van der Waals surface area contributed by atoms with Crippen LogP contribution in [-0.2, 0) is 11.6 Å². The highest BCUT2D eigenvalue weighted by atomic mass is 19.4. The molecule has 1 atom stereocenters. The topological polar surface area (TPSA) is 0 Å². The molecule has 6 heteroatoms. The van der Waals surface area contributed by atoms with E-state index in [1.54, 1.807) is 37.3 Å². The number of alkyl halides is 6. The minimum atomic E-state index is -4.24. The number of hydrogen-bond donors (Lipinski definition) is 0. The van der Waals surface area contributed by atoms with Gasteiger partial charge in [0.25, 0.3) is 0 Å². The summed E-state index contributed by atoms with van der Waals surface area (Å²) < 4.78 is 75.6. The fourth-order valence-electron chi connectivity index (χ4n) is 3.26. The van der Waals surface area contributed by atoms with Gasteiger partial charge in [0.1, 0.15) is 5.41 Å². The molecule has 0 heterocycles. The van der Waals surface area contributed by atoms with Gasteiger partial charge >= 0.3 is 12.4 Å². The van der Waals surface area contributed by atoms with Crippen molar-refractivity contribution in [2.24, 2.45) is 0 Å². The molecule has 2 aromatic rings. The Balaban J connectivity index is 0.000000180. The first kappa shape index (κ1) is 19.3. The van der Waals surface area contributed by atoms with Gasteiger partial charge in [-0.15, -0.1) is 0 Å². The van der Waals surface area contributed by atoms with Crippen molar-refractivity contribution in [1.29, 1.82) is 0 Å². The lowest BCUT2D eigenvalue weighted by molar-refractivity contribution is -0.174. The van der Waals surface area contributed by atoms with Crippen molar-refractivity contribution < 1.29 is 26.3 Å². The lowest BCUT2D eigenvalue weighted by atomic mass is 9.76. The van der Waals surface area contributed by atoms with Crippen LogP contribution in [0.1, 0.15) is 23.1 Å². The zero-order chi connectivity index (χ0) is 19.9. The Kier molecular flexibility index (Phi) is 4.70. The van der Waals surface area contributed by atoms with Crippen molar-refractivity contribution in [2.75, 3.05) is 0 Å². The van der Waals surface area contributed by atoms with Gasteiger partial charge in [-0.05, 0) is 35.6 Å². The minimum Gasteiger partial charge on any atom is -0.170 e. The minimum absolute atomic E-state index is 0.0662. The van der Waals surface area contributed by atoms with Gasteiger partial charge in [0, 0.05) is 0 Å². The van der Waals surface area contributed by atoms with E-state index in [4.69, 9.17) is 0 Å². The Morgan fingerprint density at radius 2 is 1.41 bits per heavy atom. The highest BCUT2D eigenvalue weighted by Gasteiger charge is 2.59. The molecular weight excluding hydrogens is 366 g/mol. The summed E-state index contributed by atoms with van der Waals surface area (Å²) in [6, 6.07) is 13.1. The number of rotatable bonds is 1. The van der Waals surface area contributed by atoms with Gasteiger partial charge in [0.05, 0.1) is 5.56 Å². The first-order chi connectivity index (χ1) is 12.5. The van der Waals surface area contributed by atoms with E-state index in [9.17, 15) is 26.3 Å². The second-order valence-electron chi connectivity index (χ2n) is 6.59. The van der Waals surface area contributed by atoms with Crippen molar-refractivity contribution in [3.05, 3.63) is 94.6 Å². The number of aryl methyl sites for hydroxylation is 1. The van der Waals surface area contributed by atoms with Gasteiger partial charge in [0.2, 0.25) is 0 Å². The standard InChI is InChI=1S/C14H11F3.C7H5F3/c1-9-4-2-3-5-12(9)13(14(15,16)17)7-10-6-11(10)8-13;8-7(9,10)6-4-2-1-3-5-6/h2-7H,8H2,1H3;1-5H. The van der Waals surface area contributed by atoms with E-state index in [0.717, 1.165) is 23.3 Å². The third kappa shape index (κ3) is 3.80. The molecule has 2 aliphatic rings. The monoisotopic (exact) mass is 382 g/mol. The Bertz CT molecular complexity index is 887. The molecule has 0 saturated carbocycles. The van der Waals surface area contributed by atoms with Crippen LogP contribution in [0.25, 0.3) is 0 Å². The molecule has 142 valence electrons. The van der Waals surface area contributed by atoms with Gasteiger partial charge < -0.3 is 0 Å². The van der Waals surface area contributed by atoms with Crippen molar-refractivity contribution in [1.82, 2.24) is 0 Å². The molecule has 0 radical (unpaired) electrons. The summed E-state index contributed by atoms with van der Waals surface area (Å²) in [5, 5.41) is 0. The molecule has 4 rings (SSSR count). The van der Waals surface area contributed by atoms with Crippen LogP contribution < -0.4 is 0 Å². The van der Waals surface area contributed by atoms with Gasteiger partial charge in [0.15, 0.2) is 0 Å². The van der Waals surface area contributed by atoms with Gasteiger partial charge in [-0.1, -0.05) is 66.7 Å². The average molecular weight is 382 g/mol. The molecule has 27 heavy (non-hydrogen) atoms. The summed E-state index contributed by atoms with van der Waals surface area (Å²) in [7, 11) is 0. The zero-order valence-corrected chi connectivity index (χ0v) is 14.3. The lowest BCUT2D eigenvalue weighted by Crippen LogP contribution is -2.39. The highest BCUT2D eigenvalue weighted by molar-refractivity contribution is 5.66. The predicted molar refractivity (Wildman–Crippen MR) is 91.1 cm³/mol. The van der Waals surface area contributed by atoms with Crippen LogP contribution in [0.3, 0.4) is 0 Å². The number of fused-ring (bicyclic) bond motifs is 1. The first-order valence-corrected chi connectivity index (χ1v) is 8.23. The predicted octanol–water partition coefficient (Wildman–Crippen LogP) is 6.77. The van der Waals surface area contributed by atoms with E-state index in [0.29, 0.717) is 11.1 Å². The molecule has 0 bridgehead atoms. The Labute approximate surface area is 152 Å². The third-order valence-corrected chi connectivity index (χ3v) is 4.72. The fraction of sp³-hybridized carbons (Fsp3) is 0.238. The molecule has 0 amide bonds. The van der Waals surface area contributed by atoms with Crippen molar-refractivity contribution in [3.8, 4) is 0 Å². The summed E-state index contributed by atoms with van der Waals surface area (Å²) in [5.41, 5.74) is 0.320. The quantitative estimate of drug-likeness (QED) is 0.478. The zero-order valence-electron chi connectivity index (χ0n) is 14.3. The number of benzene rings is 2. The van der Waals surface area contributed by atoms with Gasteiger partial charge in [-0.2, -0.15) is 26.3 Å². The summed E-state index contributed by atoms with van der Waals surface area (Å²) in [4.78, 5) is 0. The van der Waals surface area contributed by atoms with E-state index in [1.807, 2.05) is 6.08 Å². The van der Waals surface area contributed by atoms with Crippen LogP contribution in [0.15, 0.2) is 77.9 Å². The van der Waals surface area contributed by atoms with E-state index in [2.05, 4.69) is 0 Å². The van der Waals surface area contributed by atoms with Crippen LogP contribution in [0.2, 0.25) is 0 Å². The first-order valence-electron chi connectivity index (χ1n) is 8.23. The second kappa shape index (κ2) is 6.59. The molecule has 0 fully saturated rings. The van der Waals surface area contributed by atoms with E-state index in [-0.39, 0.29) is 6.42 Å². The highest BCUT2D eigenvalue weighted by Crippen LogP contribution is 2.57. The van der Waals surface area contributed by atoms with E-state index >= 15 is 0 Å². The third-order valence-electron chi connectivity index (χ3n) is 4.72. The maximum atomic E-state index is 13.4. The van der Waals surface area contributed by atoms with Gasteiger partial charge in [-0.25, -0.2) is 0 Å². The van der Waals surface area contributed by atoms with Crippen LogP contribution >= 0.6 is 0 Å². The van der Waals surface area contributed by atoms with Crippen LogP contribution in [0.4, 0.5) is 26.3 Å². The molecule has 0 N–H and O–H groups in total. The smallest absolute Gasteiger partial charge is 0.170 e. The largest absolute Gasteiger partial charge is 0.416 e. The molecule has 0 nitrogen and oxygen atoms in total.